The zero-order chi connectivity index (χ0) is 25.2. The number of hydrogen-bond acceptors (Lipinski definition) is 0. The smallest absolute Gasteiger partial charge is 0.199 e. The Balaban J connectivity index is 2.25. The largest absolute Gasteiger partial charge is 0.459 e. The molecule has 4 saturated carbocycles. The molecule has 4 rings (SSSR count). The Kier molecular flexibility index (Phi) is 4.79. The first-order chi connectivity index (χ1) is 13.7. The molecule has 0 aromatic carbocycles. The Morgan fingerprint density at radius 1 is 0.406 bits per heavy atom. The third-order valence-corrected chi connectivity index (χ3v) is 7.42. The van der Waals surface area contributed by atoms with E-state index in [9.17, 15) is 61.5 Å². The van der Waals surface area contributed by atoms with Crippen LogP contribution < -0.4 is 0 Å². The Hall–Kier alpha value is -0.980. The molecule has 0 amide bonds. The van der Waals surface area contributed by atoms with Crippen molar-refractivity contribution < 1.29 is 61.5 Å². The topological polar surface area (TPSA) is 0 Å². The zero-order valence-corrected chi connectivity index (χ0v) is 16.5. The molecule has 4 bridgehead atoms. The van der Waals surface area contributed by atoms with Gasteiger partial charge in [0, 0.05) is 10.8 Å². The van der Waals surface area contributed by atoms with Crippen LogP contribution in [0.25, 0.3) is 0 Å². The van der Waals surface area contributed by atoms with Gasteiger partial charge in [-0.2, -0.15) is 61.5 Å². The van der Waals surface area contributed by atoms with Crippen LogP contribution in [0.2, 0.25) is 0 Å². The highest BCUT2D eigenvalue weighted by Crippen LogP contribution is 2.81. The maximum Gasteiger partial charge on any atom is 0.459 e. The maximum atomic E-state index is 14.9. The van der Waals surface area contributed by atoms with Crippen LogP contribution in [0.5, 0.6) is 0 Å². The van der Waals surface area contributed by atoms with Crippen LogP contribution in [-0.4, -0.2) is 36.0 Å². The van der Waals surface area contributed by atoms with E-state index in [-0.39, 0.29) is 6.42 Å². The van der Waals surface area contributed by atoms with E-state index in [0.717, 1.165) is 13.8 Å². The van der Waals surface area contributed by atoms with Gasteiger partial charge in [0.25, 0.3) is 0 Å². The Bertz CT molecular complexity index is 710. The summed E-state index contributed by atoms with van der Waals surface area (Å²) in [7, 11) is 0. The van der Waals surface area contributed by atoms with Crippen LogP contribution in [0.3, 0.4) is 0 Å². The molecule has 0 radical (unpaired) electrons. The summed E-state index contributed by atoms with van der Waals surface area (Å²) in [5.41, 5.74) is -10.9. The van der Waals surface area contributed by atoms with Gasteiger partial charge in [-0.25, -0.2) is 0 Å². The molecule has 0 atom stereocenters. The predicted molar refractivity (Wildman–Crippen MR) is 80.7 cm³/mol. The molecule has 0 saturated heterocycles. The third-order valence-electron chi connectivity index (χ3n) is 7.42. The molecule has 0 unspecified atom stereocenters. The molecule has 0 nitrogen and oxygen atoms in total. The zero-order valence-electron chi connectivity index (χ0n) is 16.5. The summed E-state index contributed by atoms with van der Waals surface area (Å²) in [6.07, 6.45) is -20.5. The second kappa shape index (κ2) is 5.98. The normalized spacial score (nSPS) is 39.0. The summed E-state index contributed by atoms with van der Waals surface area (Å²) in [6.45, 7) is 1.94. The van der Waals surface area contributed by atoms with Gasteiger partial charge >= 0.3 is 36.0 Å². The average molecular weight is 500 g/mol. The molecule has 4 aliphatic carbocycles. The van der Waals surface area contributed by atoms with E-state index in [1.807, 2.05) is 0 Å². The van der Waals surface area contributed by atoms with Gasteiger partial charge < -0.3 is 0 Å². The minimum absolute atomic E-state index is 0.273. The molecular weight excluding hydrogens is 482 g/mol. The molecule has 4 aliphatic rings. The van der Waals surface area contributed by atoms with Crippen molar-refractivity contribution in [1.82, 2.24) is 0 Å². The minimum Gasteiger partial charge on any atom is -0.199 e. The average Bonchev–Trinajstić information content (AvgIpc) is 2.48. The Labute approximate surface area is 172 Å². The molecule has 4 fully saturated rings. The van der Waals surface area contributed by atoms with Crippen LogP contribution in [-0.2, 0) is 0 Å². The molecule has 0 N–H and O–H groups in total. The highest BCUT2D eigenvalue weighted by molar-refractivity contribution is 5.24. The lowest BCUT2D eigenvalue weighted by Gasteiger charge is -2.72. The van der Waals surface area contributed by atoms with Gasteiger partial charge in [-0.15, -0.1) is 0 Å². The summed E-state index contributed by atoms with van der Waals surface area (Å²) in [5, 5.41) is 0. The fourth-order valence-corrected chi connectivity index (χ4v) is 7.38. The lowest BCUT2D eigenvalue weighted by Crippen LogP contribution is -2.74. The van der Waals surface area contributed by atoms with Gasteiger partial charge in [0.2, 0.25) is 0 Å². The van der Waals surface area contributed by atoms with E-state index in [1.54, 1.807) is 0 Å². The highest BCUT2D eigenvalue weighted by Gasteiger charge is 2.88. The van der Waals surface area contributed by atoms with Crippen LogP contribution in [0, 0.1) is 21.7 Å². The third kappa shape index (κ3) is 2.88. The van der Waals surface area contributed by atoms with Gasteiger partial charge in [0.1, 0.15) is 0 Å². The number of halogens is 14. The molecule has 188 valence electrons. The van der Waals surface area contributed by atoms with Crippen molar-refractivity contribution >= 4 is 0 Å². The first kappa shape index (κ1) is 25.6. The van der Waals surface area contributed by atoms with E-state index in [2.05, 4.69) is 0 Å². The number of hydrogen-bond donors (Lipinski definition) is 0. The molecule has 0 aliphatic heterocycles. The van der Waals surface area contributed by atoms with Crippen LogP contribution in [0.1, 0.15) is 52.4 Å². The fraction of sp³-hybridized carbons (Fsp3) is 1.00. The van der Waals surface area contributed by atoms with E-state index >= 15 is 0 Å². The lowest BCUT2D eigenvalue weighted by atomic mass is 9.33. The van der Waals surface area contributed by atoms with Crippen molar-refractivity contribution in [3.05, 3.63) is 0 Å². The monoisotopic (exact) mass is 500 g/mol. The Morgan fingerprint density at radius 2 is 0.656 bits per heavy atom. The molecule has 0 aromatic heterocycles. The lowest BCUT2D eigenvalue weighted by molar-refractivity contribution is -0.431. The number of rotatable bonds is 4. The summed E-state index contributed by atoms with van der Waals surface area (Å²) in [5.74, 6) is -25.5. The van der Waals surface area contributed by atoms with Crippen molar-refractivity contribution in [1.29, 1.82) is 0 Å². The summed E-state index contributed by atoms with van der Waals surface area (Å²) in [6, 6.07) is 0. The van der Waals surface area contributed by atoms with Crippen LogP contribution in [0.15, 0.2) is 0 Å². The van der Waals surface area contributed by atoms with Crippen molar-refractivity contribution in [3.63, 3.8) is 0 Å². The standard InChI is InChI=1S/C18H18F14/c1-9-3-10(2)6-11(4-9,13(19,20)15(23,24)17(27,28)29)8-12(5-9,7-10)14(21,22)16(25,26)18(30,31)32/h3-8H2,1-2H3. The maximum absolute atomic E-state index is 14.9. The van der Waals surface area contributed by atoms with Gasteiger partial charge in [0.15, 0.2) is 0 Å². The first-order valence-corrected chi connectivity index (χ1v) is 9.39. The second-order valence-electron chi connectivity index (χ2n) is 10.5. The van der Waals surface area contributed by atoms with Crippen LogP contribution in [0.4, 0.5) is 61.5 Å². The first-order valence-electron chi connectivity index (χ1n) is 9.39. The predicted octanol–water partition coefficient (Wildman–Crippen LogP) is 8.02. The van der Waals surface area contributed by atoms with E-state index in [4.69, 9.17) is 0 Å². The summed E-state index contributed by atoms with van der Waals surface area (Å²) >= 11 is 0. The fourth-order valence-electron chi connectivity index (χ4n) is 7.38. The summed E-state index contributed by atoms with van der Waals surface area (Å²) < 4.78 is 192. The molecular formula is C18H18F14. The van der Waals surface area contributed by atoms with Crippen LogP contribution >= 0.6 is 0 Å². The number of alkyl halides is 14. The molecule has 14 heteroatoms. The van der Waals surface area contributed by atoms with Gasteiger partial charge in [-0.1, -0.05) is 13.8 Å². The molecule has 0 spiro atoms. The molecule has 32 heavy (non-hydrogen) atoms. The van der Waals surface area contributed by atoms with Gasteiger partial charge in [-0.3, -0.25) is 0 Å². The Morgan fingerprint density at radius 3 is 0.875 bits per heavy atom. The van der Waals surface area contributed by atoms with Crippen molar-refractivity contribution in [2.45, 2.75) is 88.4 Å². The molecule has 0 heterocycles. The quantitative estimate of drug-likeness (QED) is 0.343. The van der Waals surface area contributed by atoms with Crippen molar-refractivity contribution in [2.75, 3.05) is 0 Å². The second-order valence-corrected chi connectivity index (χ2v) is 10.5. The minimum atomic E-state index is -6.81. The summed E-state index contributed by atoms with van der Waals surface area (Å²) in [4.78, 5) is 0. The van der Waals surface area contributed by atoms with E-state index in [1.165, 1.54) is 0 Å². The van der Waals surface area contributed by atoms with Crippen molar-refractivity contribution in [2.24, 2.45) is 21.7 Å². The van der Waals surface area contributed by atoms with Crippen molar-refractivity contribution in [3.8, 4) is 0 Å². The van der Waals surface area contributed by atoms with Gasteiger partial charge in [0.05, 0.1) is 0 Å². The SMILES string of the molecule is CC12CC3(C)CC(C(F)(F)C(F)(F)C(F)(F)F)(C1)CC(C(F)(F)C(F)(F)C(F)(F)F)(C2)C3. The highest BCUT2D eigenvalue weighted by atomic mass is 19.4. The van der Waals surface area contributed by atoms with E-state index in [0.29, 0.717) is 0 Å². The van der Waals surface area contributed by atoms with E-state index < -0.39 is 89.8 Å². The van der Waals surface area contributed by atoms with Gasteiger partial charge in [-0.05, 0) is 49.4 Å². The molecule has 0 aromatic rings.